The standard InChI is InChI=1S/C21H23ClN2O3S/c22-18-10-6-16(7-11-18)14-15-28(26,27)24-20-12-8-17(9-13-20)21(25)23-19-4-2-1-3-5-19/h6-15,19,24H,1-5H2,(H,23,25)/b15-14+. The summed E-state index contributed by atoms with van der Waals surface area (Å²) in [6.45, 7) is 0. The number of rotatable bonds is 6. The number of benzene rings is 2. The fraction of sp³-hybridized carbons (Fsp3) is 0.286. The highest BCUT2D eigenvalue weighted by molar-refractivity contribution is 7.95. The first kappa shape index (κ1) is 20.4. The van der Waals surface area contributed by atoms with Gasteiger partial charge in [0.05, 0.1) is 5.41 Å². The summed E-state index contributed by atoms with van der Waals surface area (Å²) in [7, 11) is -3.66. The Bertz CT molecular complexity index is 933. The summed E-state index contributed by atoms with van der Waals surface area (Å²) in [6.07, 6.45) is 7.05. The van der Waals surface area contributed by atoms with Crippen LogP contribution in [0.5, 0.6) is 0 Å². The fourth-order valence-electron chi connectivity index (χ4n) is 3.15. The highest BCUT2D eigenvalue weighted by Crippen LogP contribution is 2.19. The monoisotopic (exact) mass is 418 g/mol. The van der Waals surface area contributed by atoms with Crippen molar-refractivity contribution in [1.82, 2.24) is 5.32 Å². The van der Waals surface area contributed by atoms with Crippen LogP contribution in [0.1, 0.15) is 48.0 Å². The molecule has 0 heterocycles. The van der Waals surface area contributed by atoms with Crippen LogP contribution >= 0.6 is 11.6 Å². The highest BCUT2D eigenvalue weighted by Gasteiger charge is 2.16. The number of carbonyl (C=O) groups excluding carboxylic acids is 1. The zero-order valence-electron chi connectivity index (χ0n) is 15.4. The summed E-state index contributed by atoms with van der Waals surface area (Å²) in [5.41, 5.74) is 1.64. The van der Waals surface area contributed by atoms with Gasteiger partial charge in [0.2, 0.25) is 0 Å². The van der Waals surface area contributed by atoms with E-state index in [4.69, 9.17) is 11.6 Å². The minimum Gasteiger partial charge on any atom is -0.349 e. The maximum atomic E-state index is 12.3. The lowest BCUT2D eigenvalue weighted by atomic mass is 9.95. The minimum atomic E-state index is -3.66. The second-order valence-corrected chi connectivity index (χ2v) is 8.89. The van der Waals surface area contributed by atoms with Gasteiger partial charge in [0, 0.05) is 22.3 Å². The van der Waals surface area contributed by atoms with Crippen molar-refractivity contribution in [3.05, 3.63) is 70.1 Å². The van der Waals surface area contributed by atoms with Crippen LogP contribution in [0.15, 0.2) is 53.9 Å². The van der Waals surface area contributed by atoms with Crippen molar-refractivity contribution in [2.75, 3.05) is 4.72 Å². The van der Waals surface area contributed by atoms with E-state index >= 15 is 0 Å². The molecular formula is C21H23ClN2O3S. The van der Waals surface area contributed by atoms with E-state index in [1.807, 2.05) is 0 Å². The average molecular weight is 419 g/mol. The van der Waals surface area contributed by atoms with Crippen molar-refractivity contribution in [3.63, 3.8) is 0 Å². The first-order valence-electron chi connectivity index (χ1n) is 9.29. The number of hydrogen-bond donors (Lipinski definition) is 2. The topological polar surface area (TPSA) is 75.3 Å². The summed E-state index contributed by atoms with van der Waals surface area (Å²) in [5.74, 6) is -0.121. The van der Waals surface area contributed by atoms with E-state index in [-0.39, 0.29) is 11.9 Å². The third-order valence-corrected chi connectivity index (χ3v) is 5.92. The van der Waals surface area contributed by atoms with E-state index in [0.717, 1.165) is 36.7 Å². The van der Waals surface area contributed by atoms with Crippen molar-refractivity contribution in [3.8, 4) is 0 Å². The quantitative estimate of drug-likeness (QED) is 0.706. The number of halogens is 1. The van der Waals surface area contributed by atoms with Gasteiger partial charge in [-0.15, -0.1) is 0 Å². The van der Waals surface area contributed by atoms with E-state index in [2.05, 4.69) is 10.0 Å². The van der Waals surface area contributed by atoms with E-state index in [1.165, 1.54) is 12.5 Å². The summed E-state index contributed by atoms with van der Waals surface area (Å²) in [6, 6.07) is 13.5. The number of carbonyl (C=O) groups is 1. The van der Waals surface area contributed by atoms with Crippen molar-refractivity contribution >= 4 is 39.3 Å². The van der Waals surface area contributed by atoms with Crippen LogP contribution < -0.4 is 10.0 Å². The summed E-state index contributed by atoms with van der Waals surface area (Å²) in [4.78, 5) is 12.3. The van der Waals surface area contributed by atoms with Gasteiger partial charge < -0.3 is 5.32 Å². The molecule has 1 saturated carbocycles. The van der Waals surface area contributed by atoms with Gasteiger partial charge in [-0.05, 0) is 60.9 Å². The predicted octanol–water partition coefficient (Wildman–Crippen LogP) is 4.82. The molecule has 1 amide bonds. The molecule has 5 nitrogen and oxygen atoms in total. The Morgan fingerprint density at radius 2 is 1.61 bits per heavy atom. The third-order valence-electron chi connectivity index (χ3n) is 4.66. The maximum absolute atomic E-state index is 12.3. The van der Waals surface area contributed by atoms with Gasteiger partial charge >= 0.3 is 0 Å². The number of amides is 1. The van der Waals surface area contributed by atoms with E-state index < -0.39 is 10.0 Å². The lowest BCUT2D eigenvalue weighted by Gasteiger charge is -2.22. The normalized spacial score (nSPS) is 15.5. The molecule has 0 aromatic heterocycles. The van der Waals surface area contributed by atoms with Gasteiger partial charge in [0.1, 0.15) is 0 Å². The molecule has 7 heteroatoms. The molecular weight excluding hydrogens is 396 g/mol. The maximum Gasteiger partial charge on any atom is 0.255 e. The predicted molar refractivity (Wildman–Crippen MR) is 114 cm³/mol. The number of nitrogens with one attached hydrogen (secondary N) is 2. The smallest absolute Gasteiger partial charge is 0.255 e. The number of hydrogen-bond acceptors (Lipinski definition) is 3. The Kier molecular flexibility index (Phi) is 6.75. The number of sulfonamides is 1. The molecule has 28 heavy (non-hydrogen) atoms. The molecule has 1 aliphatic rings. The second kappa shape index (κ2) is 9.26. The molecule has 1 fully saturated rings. The molecule has 0 radical (unpaired) electrons. The fourth-order valence-corrected chi connectivity index (χ4v) is 4.14. The van der Waals surface area contributed by atoms with Crippen LogP contribution in [0.3, 0.4) is 0 Å². The Balaban J connectivity index is 1.59. The Hall–Kier alpha value is -2.31. The van der Waals surface area contributed by atoms with E-state index in [9.17, 15) is 13.2 Å². The van der Waals surface area contributed by atoms with Crippen molar-refractivity contribution in [2.45, 2.75) is 38.1 Å². The first-order valence-corrected chi connectivity index (χ1v) is 11.2. The molecule has 1 aliphatic carbocycles. The molecule has 3 rings (SSSR count). The van der Waals surface area contributed by atoms with Crippen LogP contribution in [0, 0.1) is 0 Å². The molecule has 0 bridgehead atoms. The molecule has 0 unspecified atom stereocenters. The van der Waals surface area contributed by atoms with Gasteiger partial charge in [-0.2, -0.15) is 0 Å². The van der Waals surface area contributed by atoms with Gasteiger partial charge in [0.15, 0.2) is 0 Å². The van der Waals surface area contributed by atoms with Gasteiger partial charge in [-0.25, -0.2) is 8.42 Å². The van der Waals surface area contributed by atoms with Crippen molar-refractivity contribution < 1.29 is 13.2 Å². The zero-order valence-corrected chi connectivity index (χ0v) is 17.0. The van der Waals surface area contributed by atoms with Crippen LogP contribution in [-0.4, -0.2) is 20.4 Å². The molecule has 0 saturated heterocycles. The molecule has 0 spiro atoms. The Labute approximate surface area is 170 Å². The third kappa shape index (κ3) is 6.11. The van der Waals surface area contributed by atoms with Crippen LogP contribution in [0.25, 0.3) is 6.08 Å². The van der Waals surface area contributed by atoms with E-state index in [1.54, 1.807) is 48.5 Å². The Morgan fingerprint density at radius 1 is 0.964 bits per heavy atom. The van der Waals surface area contributed by atoms with Crippen molar-refractivity contribution in [2.24, 2.45) is 0 Å². The highest BCUT2D eigenvalue weighted by atomic mass is 35.5. The second-order valence-electron chi connectivity index (χ2n) is 6.89. The zero-order chi connectivity index (χ0) is 20.0. The summed E-state index contributed by atoms with van der Waals surface area (Å²) < 4.78 is 26.9. The largest absolute Gasteiger partial charge is 0.349 e. The molecule has 0 atom stereocenters. The summed E-state index contributed by atoms with van der Waals surface area (Å²) >= 11 is 5.82. The first-order chi connectivity index (χ1) is 13.4. The Morgan fingerprint density at radius 3 is 2.25 bits per heavy atom. The molecule has 2 aromatic rings. The number of anilines is 1. The van der Waals surface area contributed by atoms with Gasteiger partial charge in [0.25, 0.3) is 15.9 Å². The molecule has 148 valence electrons. The lowest BCUT2D eigenvalue weighted by molar-refractivity contribution is 0.0927. The van der Waals surface area contributed by atoms with Crippen LogP contribution in [0.2, 0.25) is 5.02 Å². The van der Waals surface area contributed by atoms with Crippen LogP contribution in [-0.2, 0) is 10.0 Å². The summed E-state index contributed by atoms with van der Waals surface area (Å²) in [5, 5.41) is 4.73. The van der Waals surface area contributed by atoms with Gasteiger partial charge in [-0.1, -0.05) is 43.0 Å². The molecule has 2 aromatic carbocycles. The van der Waals surface area contributed by atoms with E-state index in [0.29, 0.717) is 16.3 Å². The minimum absolute atomic E-state index is 0.121. The van der Waals surface area contributed by atoms with Crippen LogP contribution in [0.4, 0.5) is 5.69 Å². The lowest BCUT2D eigenvalue weighted by Crippen LogP contribution is -2.36. The van der Waals surface area contributed by atoms with Gasteiger partial charge in [-0.3, -0.25) is 9.52 Å². The molecule has 0 aliphatic heterocycles. The molecule has 2 N–H and O–H groups in total. The van der Waals surface area contributed by atoms with Crippen molar-refractivity contribution in [1.29, 1.82) is 0 Å². The SMILES string of the molecule is O=C(NC1CCCCC1)c1ccc(NS(=O)(=O)/C=C/c2ccc(Cl)cc2)cc1. The average Bonchev–Trinajstić information content (AvgIpc) is 2.68.